The summed E-state index contributed by atoms with van der Waals surface area (Å²) >= 11 is 1.10. The minimum Gasteiger partial charge on any atom is -0.493 e. The maximum Gasteiger partial charge on any atom is 0.255 e. The molecule has 1 aromatic carbocycles. The second-order valence-electron chi connectivity index (χ2n) is 5.74. The van der Waals surface area contributed by atoms with Crippen LogP contribution in [0.1, 0.15) is 19.0 Å². The molecule has 2 heterocycles. The zero-order valence-electron chi connectivity index (χ0n) is 14.3. The van der Waals surface area contributed by atoms with Crippen LogP contribution in [0.15, 0.2) is 46.3 Å². The fourth-order valence-corrected chi connectivity index (χ4v) is 3.47. The van der Waals surface area contributed by atoms with Gasteiger partial charge in [0.15, 0.2) is 5.16 Å². The summed E-state index contributed by atoms with van der Waals surface area (Å²) in [6, 6.07) is 10.4. The molecule has 0 radical (unpaired) electrons. The molecule has 2 aromatic heterocycles. The Hall–Kier alpha value is -2.87. The Morgan fingerprint density at radius 3 is 2.81 bits per heavy atom. The summed E-state index contributed by atoms with van der Waals surface area (Å²) in [5.41, 5.74) is 1.83. The first kappa shape index (κ1) is 17.9. The van der Waals surface area contributed by atoms with Crippen LogP contribution in [0.25, 0.3) is 10.9 Å². The third-order valence-electron chi connectivity index (χ3n) is 3.73. The van der Waals surface area contributed by atoms with E-state index in [2.05, 4.69) is 20.3 Å². The molecule has 8 heteroatoms. The summed E-state index contributed by atoms with van der Waals surface area (Å²) in [4.78, 5) is 35.0. The monoisotopic (exact) mass is 370 g/mol. The van der Waals surface area contributed by atoms with Crippen molar-refractivity contribution in [2.75, 3.05) is 5.32 Å². The number of fused-ring (bicyclic) bond motifs is 1. The van der Waals surface area contributed by atoms with Crippen molar-refractivity contribution in [3.63, 3.8) is 0 Å². The van der Waals surface area contributed by atoms with Gasteiger partial charge in [-0.05, 0) is 25.5 Å². The van der Waals surface area contributed by atoms with Gasteiger partial charge in [0, 0.05) is 11.1 Å². The largest absolute Gasteiger partial charge is 0.493 e. The van der Waals surface area contributed by atoms with Gasteiger partial charge < -0.3 is 15.4 Å². The molecule has 0 spiro atoms. The number of amides is 1. The Labute approximate surface area is 153 Å². The van der Waals surface area contributed by atoms with Crippen molar-refractivity contribution >= 4 is 34.3 Å². The van der Waals surface area contributed by atoms with E-state index >= 15 is 0 Å². The van der Waals surface area contributed by atoms with E-state index in [-0.39, 0.29) is 16.9 Å². The predicted molar refractivity (Wildman–Crippen MR) is 102 cm³/mol. The van der Waals surface area contributed by atoms with Crippen LogP contribution < -0.4 is 10.9 Å². The van der Waals surface area contributed by atoms with Crippen molar-refractivity contribution in [1.82, 2.24) is 15.0 Å². The topological polar surface area (TPSA) is 108 Å². The summed E-state index contributed by atoms with van der Waals surface area (Å²) < 4.78 is 0. The van der Waals surface area contributed by atoms with Crippen molar-refractivity contribution in [3.05, 3.63) is 52.4 Å². The smallest absolute Gasteiger partial charge is 0.255 e. The number of pyridine rings is 1. The summed E-state index contributed by atoms with van der Waals surface area (Å²) in [5.74, 6) is -0.582. The number of nitrogens with one attached hydrogen (secondary N) is 2. The number of thioether (sulfide) groups is 1. The number of aromatic nitrogens is 3. The molecule has 0 aliphatic rings. The maximum atomic E-state index is 12.7. The molecule has 0 bridgehead atoms. The fraction of sp³-hybridized carbons (Fsp3) is 0.222. The van der Waals surface area contributed by atoms with Gasteiger partial charge in [-0.25, -0.2) is 0 Å². The standard InChI is InChI=1S/C18H18N4O3S/c1-3-14(26-18-21-15(23)9-16(24)22-18)17(25)20-13-8-10(2)19-12-7-5-4-6-11(12)13/h4-9,14H,3H2,1-2H3,(H,19,20,25)(H2,21,22,23,24). The molecule has 26 heavy (non-hydrogen) atoms. The Morgan fingerprint density at radius 1 is 1.31 bits per heavy atom. The van der Waals surface area contributed by atoms with Crippen LogP contribution in [0.3, 0.4) is 0 Å². The molecule has 0 saturated heterocycles. The van der Waals surface area contributed by atoms with Crippen molar-refractivity contribution in [2.24, 2.45) is 0 Å². The third-order valence-corrected chi connectivity index (χ3v) is 4.97. The average molecular weight is 370 g/mol. The van der Waals surface area contributed by atoms with Crippen LogP contribution in [-0.4, -0.2) is 31.2 Å². The Kier molecular flexibility index (Phi) is 5.22. The SMILES string of the molecule is CCC(Sc1nc(O)cc(=O)[nH]1)C(=O)Nc1cc(C)nc2ccccc12. The molecule has 7 nitrogen and oxygen atoms in total. The van der Waals surface area contributed by atoms with Crippen LogP contribution in [-0.2, 0) is 4.79 Å². The lowest BCUT2D eigenvalue weighted by Crippen LogP contribution is -2.25. The fourth-order valence-electron chi connectivity index (χ4n) is 2.56. The summed E-state index contributed by atoms with van der Waals surface area (Å²) in [7, 11) is 0. The van der Waals surface area contributed by atoms with Crippen LogP contribution in [0.4, 0.5) is 5.69 Å². The highest BCUT2D eigenvalue weighted by molar-refractivity contribution is 8.00. The number of carbonyl (C=O) groups excluding carboxylic acids is 1. The number of aromatic hydroxyl groups is 1. The van der Waals surface area contributed by atoms with Crippen molar-refractivity contribution < 1.29 is 9.90 Å². The van der Waals surface area contributed by atoms with Gasteiger partial charge in [0.2, 0.25) is 11.8 Å². The van der Waals surface area contributed by atoms with E-state index in [9.17, 15) is 14.7 Å². The highest BCUT2D eigenvalue weighted by Gasteiger charge is 2.20. The Balaban J connectivity index is 1.85. The van der Waals surface area contributed by atoms with Gasteiger partial charge in [-0.2, -0.15) is 4.98 Å². The number of hydrogen-bond acceptors (Lipinski definition) is 6. The molecule has 134 valence electrons. The van der Waals surface area contributed by atoms with E-state index in [0.717, 1.165) is 34.4 Å². The normalized spacial score (nSPS) is 12.1. The van der Waals surface area contributed by atoms with Crippen LogP contribution >= 0.6 is 11.8 Å². The number of para-hydroxylation sites is 1. The number of rotatable bonds is 5. The third kappa shape index (κ3) is 4.02. The lowest BCUT2D eigenvalue weighted by Gasteiger charge is -2.15. The first-order valence-electron chi connectivity index (χ1n) is 8.10. The van der Waals surface area contributed by atoms with Crippen LogP contribution in [0.2, 0.25) is 0 Å². The van der Waals surface area contributed by atoms with Gasteiger partial charge in [0.05, 0.1) is 22.5 Å². The molecular weight excluding hydrogens is 352 g/mol. The zero-order valence-corrected chi connectivity index (χ0v) is 15.1. The second kappa shape index (κ2) is 7.57. The van der Waals surface area contributed by atoms with Gasteiger partial charge >= 0.3 is 0 Å². The van der Waals surface area contributed by atoms with Crippen molar-refractivity contribution in [3.8, 4) is 5.88 Å². The average Bonchev–Trinajstić information content (AvgIpc) is 2.58. The van der Waals surface area contributed by atoms with Gasteiger partial charge in [-0.15, -0.1) is 0 Å². The lowest BCUT2D eigenvalue weighted by molar-refractivity contribution is -0.115. The minimum atomic E-state index is -0.479. The number of hydrogen-bond donors (Lipinski definition) is 3. The first-order valence-corrected chi connectivity index (χ1v) is 8.98. The molecular formula is C18H18N4O3S. The van der Waals surface area contributed by atoms with E-state index in [0.29, 0.717) is 12.1 Å². The van der Waals surface area contributed by atoms with Gasteiger partial charge in [-0.3, -0.25) is 14.6 Å². The molecule has 1 atom stereocenters. The summed E-state index contributed by atoms with van der Waals surface area (Å²) in [5, 5.41) is 13.0. The lowest BCUT2D eigenvalue weighted by atomic mass is 10.1. The zero-order chi connectivity index (χ0) is 18.7. The second-order valence-corrected chi connectivity index (χ2v) is 6.93. The van der Waals surface area contributed by atoms with Crippen LogP contribution in [0, 0.1) is 6.92 Å². The number of nitrogens with zero attached hydrogens (tertiary/aromatic N) is 2. The Bertz CT molecular complexity index is 1020. The minimum absolute atomic E-state index is 0.202. The summed E-state index contributed by atoms with van der Waals surface area (Å²) in [6.07, 6.45) is 0.526. The predicted octanol–water partition coefficient (Wildman–Crippen LogP) is 2.84. The number of aromatic amines is 1. The highest BCUT2D eigenvalue weighted by Crippen LogP contribution is 2.27. The Morgan fingerprint density at radius 2 is 2.08 bits per heavy atom. The number of aryl methyl sites for hydroxylation is 1. The number of benzene rings is 1. The van der Waals surface area contributed by atoms with Gasteiger partial charge in [0.1, 0.15) is 0 Å². The molecule has 3 aromatic rings. The molecule has 0 saturated carbocycles. The molecule has 0 fully saturated rings. The molecule has 3 rings (SSSR count). The van der Waals surface area contributed by atoms with Crippen molar-refractivity contribution in [2.45, 2.75) is 30.7 Å². The molecule has 1 unspecified atom stereocenters. The van der Waals surface area contributed by atoms with E-state index in [1.165, 1.54) is 0 Å². The number of anilines is 1. The van der Waals surface area contributed by atoms with E-state index in [4.69, 9.17) is 0 Å². The summed E-state index contributed by atoms with van der Waals surface area (Å²) in [6.45, 7) is 3.74. The quantitative estimate of drug-likeness (QED) is 0.471. The van der Waals surface area contributed by atoms with E-state index < -0.39 is 10.8 Å². The molecule has 1 amide bonds. The molecule has 3 N–H and O–H groups in total. The molecule has 0 aliphatic heterocycles. The maximum absolute atomic E-state index is 12.7. The van der Waals surface area contributed by atoms with Gasteiger partial charge in [-0.1, -0.05) is 36.9 Å². The first-order chi connectivity index (χ1) is 12.5. The van der Waals surface area contributed by atoms with Crippen LogP contribution in [0.5, 0.6) is 5.88 Å². The molecule has 0 aliphatic carbocycles. The van der Waals surface area contributed by atoms with E-state index in [1.54, 1.807) is 0 Å². The van der Waals surface area contributed by atoms with E-state index in [1.807, 2.05) is 44.2 Å². The van der Waals surface area contributed by atoms with Crippen molar-refractivity contribution in [1.29, 1.82) is 0 Å². The van der Waals surface area contributed by atoms with Gasteiger partial charge in [0.25, 0.3) is 5.56 Å². The number of H-pyrrole nitrogens is 1. The highest BCUT2D eigenvalue weighted by atomic mass is 32.2. The number of carbonyl (C=O) groups is 1.